The highest BCUT2D eigenvalue weighted by atomic mass is 16.3. The predicted molar refractivity (Wildman–Crippen MR) is 263 cm³/mol. The Hall–Kier alpha value is -8.20. The minimum absolute atomic E-state index is 0.898. The minimum atomic E-state index is 0.898. The monoisotopic (exact) mass is 789 g/mol. The van der Waals surface area contributed by atoms with E-state index in [-0.39, 0.29) is 0 Å². The summed E-state index contributed by atoms with van der Waals surface area (Å²) in [6.07, 6.45) is 0. The first-order valence-corrected chi connectivity index (χ1v) is 21.2. The van der Waals surface area contributed by atoms with Gasteiger partial charge < -0.3 is 9.32 Å². The van der Waals surface area contributed by atoms with E-state index >= 15 is 0 Å². The van der Waals surface area contributed by atoms with E-state index in [0.29, 0.717) is 0 Å². The van der Waals surface area contributed by atoms with Crippen LogP contribution in [-0.2, 0) is 0 Å². The second-order valence-electron chi connectivity index (χ2n) is 16.0. The lowest BCUT2D eigenvalue weighted by Crippen LogP contribution is -2.11. The van der Waals surface area contributed by atoms with Gasteiger partial charge >= 0.3 is 0 Å². The van der Waals surface area contributed by atoms with Crippen LogP contribution >= 0.6 is 0 Å². The van der Waals surface area contributed by atoms with Crippen LogP contribution in [0.15, 0.2) is 241 Å². The molecule has 0 radical (unpaired) electrons. The Morgan fingerprint density at radius 2 is 0.742 bits per heavy atom. The lowest BCUT2D eigenvalue weighted by atomic mass is 9.95. The van der Waals surface area contributed by atoms with E-state index in [1.807, 2.05) is 12.1 Å². The molecule has 0 aliphatic heterocycles. The zero-order valence-electron chi connectivity index (χ0n) is 33.9. The number of furan rings is 1. The van der Waals surface area contributed by atoms with Crippen molar-refractivity contribution in [2.75, 3.05) is 4.90 Å². The normalized spacial score (nSPS) is 11.5. The number of benzene rings is 11. The zero-order chi connectivity index (χ0) is 41.0. The van der Waals surface area contributed by atoms with E-state index < -0.39 is 0 Å². The maximum atomic E-state index is 6.27. The summed E-state index contributed by atoms with van der Waals surface area (Å²) in [6.45, 7) is 0. The molecule has 0 saturated heterocycles. The van der Waals surface area contributed by atoms with Crippen LogP contribution in [0.4, 0.5) is 17.1 Å². The summed E-state index contributed by atoms with van der Waals surface area (Å²) >= 11 is 0. The molecule has 0 amide bonds. The largest absolute Gasteiger partial charge is 0.456 e. The van der Waals surface area contributed by atoms with Crippen LogP contribution in [0.1, 0.15) is 0 Å². The molecule has 62 heavy (non-hydrogen) atoms. The molecule has 0 N–H and O–H groups in total. The second kappa shape index (κ2) is 14.8. The van der Waals surface area contributed by atoms with Gasteiger partial charge in [0, 0.05) is 27.7 Å². The molecule has 0 saturated carbocycles. The summed E-state index contributed by atoms with van der Waals surface area (Å²) < 4.78 is 6.27. The molecule has 0 atom stereocenters. The van der Waals surface area contributed by atoms with Gasteiger partial charge in [0.1, 0.15) is 11.2 Å². The molecule has 0 spiro atoms. The Kier molecular flexibility index (Phi) is 8.53. The molecule has 1 aromatic heterocycles. The van der Waals surface area contributed by atoms with Gasteiger partial charge in [-0.1, -0.05) is 188 Å². The van der Waals surface area contributed by atoms with Gasteiger partial charge in [0.25, 0.3) is 0 Å². The molecule has 0 unspecified atom stereocenters. The van der Waals surface area contributed by atoms with Crippen molar-refractivity contribution in [1.29, 1.82) is 0 Å². The highest BCUT2D eigenvalue weighted by Crippen LogP contribution is 2.44. The fraction of sp³-hybridized carbons (Fsp3) is 0. The first-order valence-electron chi connectivity index (χ1n) is 21.2. The summed E-state index contributed by atoms with van der Waals surface area (Å²) in [5.41, 5.74) is 14.5. The van der Waals surface area contributed by atoms with Crippen LogP contribution in [0.3, 0.4) is 0 Å². The molecule has 11 aromatic carbocycles. The SMILES string of the molecule is c1ccc(N(c2ccc(-c3ccc(-c4cccc5ccccc45)cc3)cc2)c2ccc(-c3cccc4oc5ccccc5c34)cc2)c(-c2ccc3ccc4ccccc4c3c2)c1. The van der Waals surface area contributed by atoms with Gasteiger partial charge in [-0.2, -0.15) is 0 Å². The molecule has 290 valence electrons. The Labute approximate surface area is 360 Å². The molecular formula is C60H39NO. The third kappa shape index (κ3) is 6.12. The smallest absolute Gasteiger partial charge is 0.136 e. The molecule has 2 heteroatoms. The van der Waals surface area contributed by atoms with Crippen molar-refractivity contribution in [1.82, 2.24) is 0 Å². The van der Waals surface area contributed by atoms with Crippen molar-refractivity contribution in [2.45, 2.75) is 0 Å². The number of para-hydroxylation sites is 2. The first-order chi connectivity index (χ1) is 30.7. The standard InChI is InChI=1S/C60H39NO/c1-3-14-50-42(11-1)13-9-18-51(50)44-25-23-40(24-26-44)41-31-35-48(36-32-41)61(49-37-33-45(34-38-49)54-19-10-22-59-60(54)55-17-6-8-21-58(55)62-59)57-20-7-5-16-53(57)47-30-29-46-28-27-43-12-2-4-15-52(43)56(46)39-47/h1-39H. The van der Waals surface area contributed by atoms with E-state index in [2.05, 4.69) is 229 Å². The molecule has 2 nitrogen and oxygen atoms in total. The van der Waals surface area contributed by atoms with Gasteiger partial charge in [-0.25, -0.2) is 0 Å². The third-order valence-electron chi connectivity index (χ3n) is 12.5. The average Bonchev–Trinajstić information content (AvgIpc) is 3.74. The van der Waals surface area contributed by atoms with Crippen molar-refractivity contribution in [3.05, 3.63) is 237 Å². The highest BCUT2D eigenvalue weighted by Gasteiger charge is 2.19. The molecule has 0 fully saturated rings. The number of nitrogens with zero attached hydrogens (tertiary/aromatic N) is 1. The minimum Gasteiger partial charge on any atom is -0.456 e. The first kappa shape index (κ1) is 35.7. The van der Waals surface area contributed by atoms with E-state index in [0.717, 1.165) is 55.7 Å². The number of hydrogen-bond donors (Lipinski definition) is 0. The van der Waals surface area contributed by atoms with Gasteiger partial charge in [0.2, 0.25) is 0 Å². The third-order valence-corrected chi connectivity index (χ3v) is 12.5. The molecule has 0 aliphatic carbocycles. The number of hydrogen-bond acceptors (Lipinski definition) is 2. The van der Waals surface area contributed by atoms with Gasteiger partial charge in [-0.15, -0.1) is 0 Å². The number of fused-ring (bicyclic) bond motifs is 7. The van der Waals surface area contributed by atoms with E-state index in [1.165, 1.54) is 60.1 Å². The average molecular weight is 790 g/mol. The summed E-state index contributed by atoms with van der Waals surface area (Å²) in [5, 5.41) is 9.79. The van der Waals surface area contributed by atoms with Crippen LogP contribution < -0.4 is 4.90 Å². The fourth-order valence-corrected chi connectivity index (χ4v) is 9.44. The van der Waals surface area contributed by atoms with Crippen molar-refractivity contribution in [2.24, 2.45) is 0 Å². The highest BCUT2D eigenvalue weighted by molar-refractivity contribution is 6.13. The van der Waals surface area contributed by atoms with Crippen LogP contribution in [0.5, 0.6) is 0 Å². The summed E-state index contributed by atoms with van der Waals surface area (Å²) in [5.74, 6) is 0. The lowest BCUT2D eigenvalue weighted by molar-refractivity contribution is 0.669. The van der Waals surface area contributed by atoms with Crippen LogP contribution in [0.2, 0.25) is 0 Å². The lowest BCUT2D eigenvalue weighted by Gasteiger charge is -2.28. The predicted octanol–water partition coefficient (Wildman–Crippen LogP) is 17.2. The summed E-state index contributed by atoms with van der Waals surface area (Å²) in [6, 6.07) is 85.5. The number of anilines is 3. The van der Waals surface area contributed by atoms with Crippen molar-refractivity contribution >= 4 is 71.3 Å². The van der Waals surface area contributed by atoms with Crippen molar-refractivity contribution in [3.8, 4) is 44.5 Å². The maximum absolute atomic E-state index is 6.27. The van der Waals surface area contributed by atoms with Crippen LogP contribution in [0.25, 0.3) is 98.8 Å². The topological polar surface area (TPSA) is 16.4 Å². The van der Waals surface area contributed by atoms with Crippen LogP contribution in [0, 0.1) is 0 Å². The van der Waals surface area contributed by atoms with E-state index in [9.17, 15) is 0 Å². The van der Waals surface area contributed by atoms with Gasteiger partial charge in [-0.05, 0) is 120 Å². The molecule has 12 aromatic rings. The maximum Gasteiger partial charge on any atom is 0.136 e. The molecule has 0 bridgehead atoms. The molecule has 12 rings (SSSR count). The van der Waals surface area contributed by atoms with E-state index in [4.69, 9.17) is 4.42 Å². The molecule has 0 aliphatic rings. The van der Waals surface area contributed by atoms with Crippen molar-refractivity contribution in [3.63, 3.8) is 0 Å². The number of rotatable bonds is 7. The Bertz CT molecular complexity index is 3610. The molecule has 1 heterocycles. The van der Waals surface area contributed by atoms with Gasteiger partial charge in [-0.3, -0.25) is 0 Å². The summed E-state index contributed by atoms with van der Waals surface area (Å²) in [4.78, 5) is 2.40. The fourth-order valence-electron chi connectivity index (χ4n) is 9.44. The second-order valence-corrected chi connectivity index (χ2v) is 16.0. The zero-order valence-corrected chi connectivity index (χ0v) is 33.9. The quantitative estimate of drug-likeness (QED) is 0.150. The molecular weight excluding hydrogens is 751 g/mol. The van der Waals surface area contributed by atoms with Gasteiger partial charge in [0.05, 0.1) is 5.69 Å². The van der Waals surface area contributed by atoms with Crippen molar-refractivity contribution < 1.29 is 4.42 Å². The van der Waals surface area contributed by atoms with Gasteiger partial charge in [0.15, 0.2) is 0 Å². The van der Waals surface area contributed by atoms with E-state index in [1.54, 1.807) is 0 Å². The summed E-state index contributed by atoms with van der Waals surface area (Å²) in [7, 11) is 0. The van der Waals surface area contributed by atoms with Crippen LogP contribution in [-0.4, -0.2) is 0 Å². The Morgan fingerprint density at radius 3 is 1.52 bits per heavy atom. The Morgan fingerprint density at radius 1 is 0.274 bits per heavy atom. The Balaban J connectivity index is 0.964.